The standard InChI is InChI=1S/C20H21ClFN5O2/c1-11-9-24-16(10-23-11)20(28)26-18(12-3-4-12)19-25-15-7-13(21)14(22)8-17(15)27(19)5-6-29-2/h7-10,12,18H,3-6H2,1-2H3,(H,26,28)/t18-/m0/s1. The number of nitrogens with zero attached hydrogens (tertiary/aromatic N) is 4. The van der Waals surface area contributed by atoms with Gasteiger partial charge in [0, 0.05) is 25.9 Å². The molecule has 152 valence electrons. The summed E-state index contributed by atoms with van der Waals surface area (Å²) >= 11 is 5.95. The highest BCUT2D eigenvalue weighted by molar-refractivity contribution is 6.31. The lowest BCUT2D eigenvalue weighted by Gasteiger charge is -2.19. The van der Waals surface area contributed by atoms with E-state index in [4.69, 9.17) is 21.3 Å². The Morgan fingerprint density at radius 1 is 1.38 bits per heavy atom. The highest BCUT2D eigenvalue weighted by atomic mass is 35.5. The quantitative estimate of drug-likeness (QED) is 0.636. The van der Waals surface area contributed by atoms with Crippen LogP contribution in [-0.4, -0.2) is 39.1 Å². The summed E-state index contributed by atoms with van der Waals surface area (Å²) in [6.45, 7) is 2.72. The summed E-state index contributed by atoms with van der Waals surface area (Å²) in [6, 6.07) is 2.56. The molecule has 0 aliphatic heterocycles. The molecular weight excluding hydrogens is 397 g/mol. The van der Waals surface area contributed by atoms with Gasteiger partial charge in [0.05, 0.1) is 40.6 Å². The number of imidazole rings is 1. The van der Waals surface area contributed by atoms with Gasteiger partial charge in [-0.1, -0.05) is 11.6 Å². The van der Waals surface area contributed by atoms with Crippen LogP contribution < -0.4 is 5.32 Å². The number of aryl methyl sites for hydroxylation is 1. The molecule has 1 aliphatic carbocycles. The minimum Gasteiger partial charge on any atom is -0.383 e. The van der Waals surface area contributed by atoms with Crippen molar-refractivity contribution in [3.05, 3.63) is 52.6 Å². The summed E-state index contributed by atoms with van der Waals surface area (Å²) < 4.78 is 21.2. The van der Waals surface area contributed by atoms with Crippen LogP contribution in [0, 0.1) is 18.7 Å². The number of hydrogen-bond donors (Lipinski definition) is 1. The first kappa shape index (κ1) is 19.7. The molecule has 1 atom stereocenters. The number of carbonyl (C=O) groups excluding carboxylic acids is 1. The first-order valence-electron chi connectivity index (χ1n) is 9.41. The van der Waals surface area contributed by atoms with Crippen LogP contribution in [0.4, 0.5) is 4.39 Å². The van der Waals surface area contributed by atoms with Gasteiger partial charge in [0.15, 0.2) is 0 Å². The van der Waals surface area contributed by atoms with Crippen molar-refractivity contribution in [2.24, 2.45) is 5.92 Å². The zero-order valence-electron chi connectivity index (χ0n) is 16.2. The van der Waals surface area contributed by atoms with Gasteiger partial charge >= 0.3 is 0 Å². The summed E-state index contributed by atoms with van der Waals surface area (Å²) in [7, 11) is 1.60. The number of nitrogens with one attached hydrogen (secondary N) is 1. The SMILES string of the molecule is COCCn1c([C@@H](NC(=O)c2cnc(C)cn2)C2CC2)nc2cc(Cl)c(F)cc21. The lowest BCUT2D eigenvalue weighted by Crippen LogP contribution is -2.32. The highest BCUT2D eigenvalue weighted by Gasteiger charge is 2.37. The predicted octanol–water partition coefficient (Wildman–Crippen LogP) is 3.45. The number of hydrogen-bond acceptors (Lipinski definition) is 5. The van der Waals surface area contributed by atoms with Crippen molar-refractivity contribution in [2.75, 3.05) is 13.7 Å². The fourth-order valence-corrected chi connectivity index (χ4v) is 3.50. The molecule has 2 aromatic heterocycles. The smallest absolute Gasteiger partial charge is 0.272 e. The summed E-state index contributed by atoms with van der Waals surface area (Å²) in [5, 5.41) is 3.06. The molecule has 29 heavy (non-hydrogen) atoms. The highest BCUT2D eigenvalue weighted by Crippen LogP contribution is 2.41. The van der Waals surface area contributed by atoms with E-state index in [0.717, 1.165) is 18.5 Å². The van der Waals surface area contributed by atoms with E-state index >= 15 is 0 Å². The second kappa shape index (κ2) is 8.04. The lowest BCUT2D eigenvalue weighted by molar-refractivity contribution is 0.0922. The van der Waals surface area contributed by atoms with Crippen molar-refractivity contribution in [1.82, 2.24) is 24.8 Å². The summed E-state index contributed by atoms with van der Waals surface area (Å²) in [5.74, 6) is 0.0978. The Hall–Kier alpha value is -2.58. The van der Waals surface area contributed by atoms with Gasteiger partial charge in [-0.15, -0.1) is 0 Å². The lowest BCUT2D eigenvalue weighted by atomic mass is 10.1. The second-order valence-corrected chi connectivity index (χ2v) is 7.61. The second-order valence-electron chi connectivity index (χ2n) is 7.20. The van der Waals surface area contributed by atoms with Gasteiger partial charge in [-0.25, -0.2) is 14.4 Å². The van der Waals surface area contributed by atoms with Gasteiger partial charge in [-0.05, 0) is 31.7 Å². The van der Waals surface area contributed by atoms with Crippen LogP contribution in [0.25, 0.3) is 11.0 Å². The number of aromatic nitrogens is 4. The minimum absolute atomic E-state index is 0.0161. The number of methoxy groups -OCH3 is 1. The molecule has 1 saturated carbocycles. The van der Waals surface area contributed by atoms with Crippen molar-refractivity contribution in [1.29, 1.82) is 0 Å². The molecule has 1 fully saturated rings. The maximum atomic E-state index is 14.1. The van der Waals surface area contributed by atoms with E-state index in [1.807, 2.05) is 11.5 Å². The van der Waals surface area contributed by atoms with Crippen molar-refractivity contribution in [3.63, 3.8) is 0 Å². The number of benzene rings is 1. The molecule has 0 spiro atoms. The molecule has 1 N–H and O–H groups in total. The molecule has 0 bridgehead atoms. The summed E-state index contributed by atoms with van der Waals surface area (Å²) in [5.41, 5.74) is 2.18. The summed E-state index contributed by atoms with van der Waals surface area (Å²) in [6.07, 6.45) is 4.97. The number of carbonyl (C=O) groups is 1. The van der Waals surface area contributed by atoms with E-state index in [0.29, 0.717) is 30.0 Å². The monoisotopic (exact) mass is 417 g/mol. The molecule has 3 aromatic rings. The van der Waals surface area contributed by atoms with Crippen LogP contribution in [0.5, 0.6) is 0 Å². The van der Waals surface area contributed by atoms with Crippen LogP contribution >= 0.6 is 11.6 Å². The van der Waals surface area contributed by atoms with E-state index < -0.39 is 5.82 Å². The third-order valence-electron chi connectivity index (χ3n) is 5.01. The number of rotatable bonds is 7. The van der Waals surface area contributed by atoms with Gasteiger partial charge in [0.1, 0.15) is 17.3 Å². The zero-order valence-corrected chi connectivity index (χ0v) is 16.9. The molecule has 9 heteroatoms. The molecule has 1 aliphatic rings. The fourth-order valence-electron chi connectivity index (χ4n) is 3.34. The molecule has 0 unspecified atom stereocenters. The van der Waals surface area contributed by atoms with E-state index in [1.165, 1.54) is 18.3 Å². The fraction of sp³-hybridized carbons (Fsp3) is 0.400. The van der Waals surface area contributed by atoms with Gasteiger partial charge < -0.3 is 14.6 Å². The van der Waals surface area contributed by atoms with Gasteiger partial charge in [-0.3, -0.25) is 9.78 Å². The summed E-state index contributed by atoms with van der Waals surface area (Å²) in [4.78, 5) is 25.7. The Labute approximate surface area is 172 Å². The van der Waals surface area contributed by atoms with E-state index in [1.54, 1.807) is 13.3 Å². The molecule has 1 amide bonds. The molecule has 1 aromatic carbocycles. The van der Waals surface area contributed by atoms with Crippen LogP contribution in [-0.2, 0) is 11.3 Å². The average molecular weight is 418 g/mol. The van der Waals surface area contributed by atoms with Crippen molar-refractivity contribution < 1.29 is 13.9 Å². The van der Waals surface area contributed by atoms with Crippen LogP contribution in [0.3, 0.4) is 0 Å². The van der Waals surface area contributed by atoms with E-state index in [-0.39, 0.29) is 28.6 Å². The minimum atomic E-state index is -0.508. The maximum absolute atomic E-state index is 14.1. The number of ether oxygens (including phenoxy) is 1. The van der Waals surface area contributed by atoms with Gasteiger partial charge in [0.25, 0.3) is 5.91 Å². The predicted molar refractivity (Wildman–Crippen MR) is 106 cm³/mol. The van der Waals surface area contributed by atoms with Crippen LogP contribution in [0.1, 0.15) is 40.9 Å². The Bertz CT molecular complexity index is 1050. The van der Waals surface area contributed by atoms with Crippen LogP contribution in [0.15, 0.2) is 24.5 Å². The van der Waals surface area contributed by atoms with E-state index in [2.05, 4.69) is 15.3 Å². The van der Waals surface area contributed by atoms with Crippen LogP contribution in [0.2, 0.25) is 5.02 Å². The Balaban J connectivity index is 1.72. The number of amides is 1. The molecule has 0 radical (unpaired) electrons. The van der Waals surface area contributed by atoms with E-state index in [9.17, 15) is 9.18 Å². The Kier molecular flexibility index (Phi) is 5.47. The first-order valence-corrected chi connectivity index (χ1v) is 9.79. The molecule has 4 rings (SSSR count). The van der Waals surface area contributed by atoms with Crippen molar-refractivity contribution in [2.45, 2.75) is 32.4 Å². The maximum Gasteiger partial charge on any atom is 0.272 e. The molecule has 7 nitrogen and oxygen atoms in total. The van der Waals surface area contributed by atoms with Crippen molar-refractivity contribution >= 4 is 28.5 Å². The Morgan fingerprint density at radius 2 is 2.17 bits per heavy atom. The third-order valence-corrected chi connectivity index (χ3v) is 5.30. The molecular formula is C20H21ClFN5O2. The van der Waals surface area contributed by atoms with Gasteiger partial charge in [-0.2, -0.15) is 0 Å². The number of halogens is 2. The topological polar surface area (TPSA) is 81.9 Å². The average Bonchev–Trinajstić information content (AvgIpc) is 3.49. The third kappa shape index (κ3) is 4.09. The van der Waals surface area contributed by atoms with Gasteiger partial charge in [0.2, 0.25) is 0 Å². The van der Waals surface area contributed by atoms with Crippen molar-refractivity contribution in [3.8, 4) is 0 Å². The first-order chi connectivity index (χ1) is 14.0. The molecule has 2 heterocycles. The largest absolute Gasteiger partial charge is 0.383 e. The number of fused-ring (bicyclic) bond motifs is 1. The zero-order chi connectivity index (χ0) is 20.5. The molecule has 0 saturated heterocycles. The normalized spacial score (nSPS) is 14.9. The Morgan fingerprint density at radius 3 is 2.83 bits per heavy atom.